The van der Waals surface area contributed by atoms with Crippen LogP contribution in [0.1, 0.15) is 31.7 Å². The Hall–Kier alpha value is -1.36. The quantitative estimate of drug-likeness (QED) is 0.661. The fourth-order valence-electron chi connectivity index (χ4n) is 1.47. The summed E-state index contributed by atoms with van der Waals surface area (Å²) in [7, 11) is 1.82. The molecule has 2 N–H and O–H groups in total. The Morgan fingerprint density at radius 3 is 2.78 bits per heavy atom. The largest absolute Gasteiger partial charge is 0.381 e. The highest BCUT2D eigenvalue weighted by Crippen LogP contribution is 2.11. The lowest BCUT2D eigenvalue weighted by Crippen LogP contribution is -2.10. The van der Waals surface area contributed by atoms with Crippen LogP contribution in [0.2, 0.25) is 0 Å². The molecule has 0 fully saturated rings. The number of nitrogens with zero attached hydrogens (tertiary/aromatic N) is 2. The van der Waals surface area contributed by atoms with Crippen molar-refractivity contribution in [3.63, 3.8) is 0 Å². The summed E-state index contributed by atoms with van der Waals surface area (Å²) in [4.78, 5) is 8.51. The van der Waals surface area contributed by atoms with Crippen LogP contribution in [-0.4, -0.2) is 36.8 Å². The molecular formula is C13H24N4O. The Kier molecular flexibility index (Phi) is 7.10. The van der Waals surface area contributed by atoms with Gasteiger partial charge in [0.25, 0.3) is 0 Å². The van der Waals surface area contributed by atoms with Gasteiger partial charge in [0, 0.05) is 38.6 Å². The van der Waals surface area contributed by atoms with Crippen molar-refractivity contribution < 1.29 is 4.74 Å². The molecule has 1 rings (SSSR count). The molecule has 5 nitrogen and oxygen atoms in total. The summed E-state index contributed by atoms with van der Waals surface area (Å²) in [5, 5.41) is 6.24. The summed E-state index contributed by atoms with van der Waals surface area (Å²) in [6.45, 7) is 6.71. The van der Waals surface area contributed by atoms with Crippen LogP contribution >= 0.6 is 0 Å². The van der Waals surface area contributed by atoms with Gasteiger partial charge >= 0.3 is 0 Å². The molecule has 102 valence electrons. The van der Waals surface area contributed by atoms with Crippen molar-refractivity contribution in [2.45, 2.75) is 33.1 Å². The van der Waals surface area contributed by atoms with Gasteiger partial charge in [-0.3, -0.25) is 0 Å². The highest BCUT2D eigenvalue weighted by molar-refractivity contribution is 5.46. The molecule has 5 heteroatoms. The highest BCUT2D eigenvalue weighted by Gasteiger charge is 2.01. The van der Waals surface area contributed by atoms with Gasteiger partial charge in [-0.15, -0.1) is 0 Å². The Bertz CT molecular complexity index is 344. The zero-order chi connectivity index (χ0) is 13.2. The third-order valence-electron chi connectivity index (χ3n) is 2.60. The number of unbranched alkanes of at least 4 members (excludes halogenated alkanes) is 1. The van der Waals surface area contributed by atoms with Crippen molar-refractivity contribution in [1.29, 1.82) is 0 Å². The lowest BCUT2D eigenvalue weighted by atomic mass is 10.3. The number of rotatable bonds is 9. The highest BCUT2D eigenvalue weighted by atomic mass is 16.5. The number of hydrogen-bond acceptors (Lipinski definition) is 5. The third-order valence-corrected chi connectivity index (χ3v) is 2.60. The van der Waals surface area contributed by atoms with Crippen LogP contribution in [-0.2, 0) is 4.74 Å². The molecule has 0 saturated carbocycles. The summed E-state index contributed by atoms with van der Waals surface area (Å²) in [6, 6.07) is 0. The van der Waals surface area contributed by atoms with E-state index < -0.39 is 0 Å². The second-order valence-electron chi connectivity index (χ2n) is 4.22. The van der Waals surface area contributed by atoms with Crippen LogP contribution in [0.5, 0.6) is 0 Å². The molecule has 0 aliphatic carbocycles. The maximum Gasteiger partial charge on any atom is 0.224 e. The van der Waals surface area contributed by atoms with Gasteiger partial charge in [0.1, 0.15) is 5.82 Å². The number of aryl methyl sites for hydroxylation is 1. The monoisotopic (exact) mass is 252 g/mol. The minimum atomic E-state index is 0.641. The predicted molar refractivity (Wildman–Crippen MR) is 75.1 cm³/mol. The van der Waals surface area contributed by atoms with E-state index in [-0.39, 0.29) is 0 Å². The normalized spacial score (nSPS) is 10.4. The molecule has 0 bridgehead atoms. The topological polar surface area (TPSA) is 59.1 Å². The second kappa shape index (κ2) is 8.69. The molecule has 1 heterocycles. The maximum atomic E-state index is 5.50. The summed E-state index contributed by atoms with van der Waals surface area (Å²) >= 11 is 0. The molecule has 0 unspecified atom stereocenters. The van der Waals surface area contributed by atoms with Crippen LogP contribution in [0.25, 0.3) is 0 Å². The fraction of sp³-hybridized carbons (Fsp3) is 0.692. The van der Waals surface area contributed by atoms with Crippen LogP contribution in [0.4, 0.5) is 11.8 Å². The zero-order valence-corrected chi connectivity index (χ0v) is 11.6. The van der Waals surface area contributed by atoms with Crippen LogP contribution in [0.15, 0.2) is 6.20 Å². The van der Waals surface area contributed by atoms with Crippen LogP contribution in [0, 0.1) is 6.92 Å². The van der Waals surface area contributed by atoms with Gasteiger partial charge in [-0.2, -0.15) is 4.98 Å². The lowest BCUT2D eigenvalue weighted by Gasteiger charge is -2.09. The van der Waals surface area contributed by atoms with E-state index in [1.165, 1.54) is 6.42 Å². The summed E-state index contributed by atoms with van der Waals surface area (Å²) in [6.07, 6.45) is 5.14. The van der Waals surface area contributed by atoms with E-state index in [2.05, 4.69) is 27.5 Å². The summed E-state index contributed by atoms with van der Waals surface area (Å²) < 4.78 is 5.50. The zero-order valence-electron chi connectivity index (χ0n) is 11.6. The van der Waals surface area contributed by atoms with Gasteiger partial charge in [-0.1, -0.05) is 13.3 Å². The first-order chi connectivity index (χ1) is 8.77. The number of aromatic nitrogens is 2. The van der Waals surface area contributed by atoms with E-state index in [1.54, 1.807) is 0 Å². The van der Waals surface area contributed by atoms with Gasteiger partial charge in [0.05, 0.1) is 0 Å². The number of nitrogens with one attached hydrogen (secondary N) is 2. The minimum Gasteiger partial charge on any atom is -0.381 e. The molecule has 0 saturated heterocycles. The SMILES string of the molecule is CCCCOCCCNc1nc(NC)ncc1C. The Morgan fingerprint density at radius 1 is 1.28 bits per heavy atom. The van der Waals surface area contributed by atoms with Crippen molar-refractivity contribution in [2.24, 2.45) is 0 Å². The van der Waals surface area contributed by atoms with Gasteiger partial charge in [-0.05, 0) is 19.8 Å². The van der Waals surface area contributed by atoms with E-state index in [1.807, 2.05) is 20.2 Å². The van der Waals surface area contributed by atoms with Gasteiger partial charge < -0.3 is 15.4 Å². The van der Waals surface area contributed by atoms with E-state index in [9.17, 15) is 0 Å². The molecule has 0 amide bonds. The van der Waals surface area contributed by atoms with Gasteiger partial charge in [0.2, 0.25) is 5.95 Å². The lowest BCUT2D eigenvalue weighted by molar-refractivity contribution is 0.131. The number of anilines is 2. The Labute approximate surface area is 109 Å². The van der Waals surface area contributed by atoms with Crippen molar-refractivity contribution >= 4 is 11.8 Å². The fourth-order valence-corrected chi connectivity index (χ4v) is 1.47. The maximum absolute atomic E-state index is 5.50. The van der Waals surface area contributed by atoms with E-state index >= 15 is 0 Å². The van der Waals surface area contributed by atoms with Gasteiger partial charge in [-0.25, -0.2) is 4.98 Å². The van der Waals surface area contributed by atoms with Crippen molar-refractivity contribution in [3.8, 4) is 0 Å². The molecular weight excluding hydrogens is 228 g/mol. The second-order valence-corrected chi connectivity index (χ2v) is 4.22. The van der Waals surface area contributed by atoms with E-state index in [4.69, 9.17) is 4.74 Å². The third kappa shape index (κ3) is 5.31. The smallest absolute Gasteiger partial charge is 0.224 e. The molecule has 0 atom stereocenters. The molecule has 0 aliphatic rings. The molecule has 0 aromatic carbocycles. The van der Waals surface area contributed by atoms with Crippen molar-refractivity contribution in [2.75, 3.05) is 37.4 Å². The number of hydrogen-bond donors (Lipinski definition) is 2. The minimum absolute atomic E-state index is 0.641. The molecule has 0 aliphatic heterocycles. The van der Waals surface area contributed by atoms with E-state index in [0.717, 1.165) is 44.0 Å². The standard InChI is InChI=1S/C13H24N4O/c1-4-5-8-18-9-6-7-15-12-11(2)10-16-13(14-3)17-12/h10H,4-9H2,1-3H3,(H2,14,15,16,17). The summed E-state index contributed by atoms with van der Waals surface area (Å²) in [5.41, 5.74) is 1.06. The van der Waals surface area contributed by atoms with Crippen LogP contribution < -0.4 is 10.6 Å². The van der Waals surface area contributed by atoms with Crippen molar-refractivity contribution in [3.05, 3.63) is 11.8 Å². The first-order valence-corrected chi connectivity index (χ1v) is 6.61. The summed E-state index contributed by atoms with van der Waals surface area (Å²) in [5.74, 6) is 1.53. The first kappa shape index (κ1) is 14.7. The molecule has 1 aromatic heterocycles. The van der Waals surface area contributed by atoms with Crippen LogP contribution in [0.3, 0.4) is 0 Å². The Balaban J connectivity index is 2.22. The van der Waals surface area contributed by atoms with Crippen molar-refractivity contribution in [1.82, 2.24) is 9.97 Å². The molecule has 18 heavy (non-hydrogen) atoms. The Morgan fingerprint density at radius 2 is 2.06 bits per heavy atom. The van der Waals surface area contributed by atoms with Gasteiger partial charge in [0.15, 0.2) is 0 Å². The number of ether oxygens (including phenoxy) is 1. The average Bonchev–Trinajstić information content (AvgIpc) is 2.39. The molecule has 0 spiro atoms. The molecule has 1 aromatic rings. The first-order valence-electron chi connectivity index (χ1n) is 6.61. The predicted octanol–water partition coefficient (Wildman–Crippen LogP) is 2.45. The van der Waals surface area contributed by atoms with E-state index in [0.29, 0.717) is 5.95 Å². The molecule has 0 radical (unpaired) electrons. The average molecular weight is 252 g/mol.